The Morgan fingerprint density at radius 3 is 2.87 bits per heavy atom. The number of allylic oxidation sites excluding steroid dienone is 1. The summed E-state index contributed by atoms with van der Waals surface area (Å²) in [5.41, 5.74) is 5.69. The molecule has 3 aromatic rings. The molecule has 5 heterocycles. The Bertz CT molecular complexity index is 1180. The highest BCUT2D eigenvalue weighted by Crippen LogP contribution is 2.36. The molecule has 8 nitrogen and oxygen atoms in total. The van der Waals surface area contributed by atoms with Gasteiger partial charge in [-0.15, -0.1) is 0 Å². The van der Waals surface area contributed by atoms with Crippen molar-refractivity contribution in [2.75, 3.05) is 23.8 Å². The van der Waals surface area contributed by atoms with Crippen LogP contribution in [0.15, 0.2) is 48.7 Å². The van der Waals surface area contributed by atoms with Gasteiger partial charge in [0.1, 0.15) is 0 Å². The van der Waals surface area contributed by atoms with Gasteiger partial charge in [0, 0.05) is 54.7 Å². The lowest BCUT2D eigenvalue weighted by Crippen LogP contribution is -2.20. The lowest BCUT2D eigenvalue weighted by Gasteiger charge is -2.22. The number of hydrogen-bond acceptors (Lipinski definition) is 6. The normalized spacial score (nSPS) is 17.9. The zero-order valence-corrected chi connectivity index (χ0v) is 17.6. The molecule has 1 fully saturated rings. The van der Waals surface area contributed by atoms with E-state index in [2.05, 4.69) is 25.7 Å². The highest BCUT2D eigenvalue weighted by atomic mass is 16.5. The molecule has 0 radical (unpaired) electrons. The van der Waals surface area contributed by atoms with E-state index in [1.54, 1.807) is 18.6 Å². The van der Waals surface area contributed by atoms with E-state index >= 15 is 0 Å². The average molecular weight is 416 g/mol. The van der Waals surface area contributed by atoms with Gasteiger partial charge in [-0.2, -0.15) is 5.10 Å². The molecule has 8 heteroatoms. The fraction of sp³-hybridized carbons (Fsp3) is 0.304. The van der Waals surface area contributed by atoms with Crippen LogP contribution in [0.4, 0.5) is 11.5 Å². The van der Waals surface area contributed by atoms with Gasteiger partial charge in [0.05, 0.1) is 29.2 Å². The maximum atomic E-state index is 12.7. The van der Waals surface area contributed by atoms with E-state index in [0.717, 1.165) is 60.0 Å². The van der Waals surface area contributed by atoms with Gasteiger partial charge in [0.2, 0.25) is 0 Å². The van der Waals surface area contributed by atoms with Crippen LogP contribution in [0.3, 0.4) is 0 Å². The molecule has 0 aromatic carbocycles. The third-order valence-electron chi connectivity index (χ3n) is 5.83. The molecular formula is C23H24N6O2. The largest absolute Gasteiger partial charge is 0.381 e. The number of anilines is 2. The monoisotopic (exact) mass is 416 g/mol. The third kappa shape index (κ3) is 3.70. The summed E-state index contributed by atoms with van der Waals surface area (Å²) in [6.07, 6.45) is 9.16. The number of rotatable bonds is 4. The fourth-order valence-electron chi connectivity index (χ4n) is 4.13. The summed E-state index contributed by atoms with van der Waals surface area (Å²) in [7, 11) is 0. The summed E-state index contributed by atoms with van der Waals surface area (Å²) in [6.45, 7) is 5.45. The van der Waals surface area contributed by atoms with Crippen LogP contribution < -0.4 is 10.6 Å². The summed E-state index contributed by atoms with van der Waals surface area (Å²) in [4.78, 5) is 21.5. The molecule has 2 aliphatic heterocycles. The van der Waals surface area contributed by atoms with Crippen molar-refractivity contribution < 1.29 is 9.53 Å². The van der Waals surface area contributed by atoms with Crippen molar-refractivity contribution in [3.63, 3.8) is 0 Å². The molecule has 0 spiro atoms. The molecule has 0 saturated carbocycles. The predicted molar refractivity (Wildman–Crippen MR) is 118 cm³/mol. The van der Waals surface area contributed by atoms with Crippen LogP contribution in [0.5, 0.6) is 0 Å². The summed E-state index contributed by atoms with van der Waals surface area (Å²) >= 11 is 0. The van der Waals surface area contributed by atoms with E-state index in [-0.39, 0.29) is 5.91 Å². The number of hydrogen-bond donors (Lipinski definition) is 2. The van der Waals surface area contributed by atoms with Gasteiger partial charge in [0.15, 0.2) is 5.82 Å². The highest BCUT2D eigenvalue weighted by Gasteiger charge is 2.28. The van der Waals surface area contributed by atoms with Crippen LogP contribution in [0.1, 0.15) is 36.9 Å². The summed E-state index contributed by atoms with van der Waals surface area (Å²) < 4.78 is 7.42. The first-order valence-corrected chi connectivity index (χ1v) is 10.4. The van der Waals surface area contributed by atoms with E-state index in [4.69, 9.17) is 4.74 Å². The van der Waals surface area contributed by atoms with Crippen LogP contribution in [0, 0.1) is 6.92 Å². The van der Waals surface area contributed by atoms with Crippen molar-refractivity contribution in [2.45, 2.75) is 32.7 Å². The number of pyridine rings is 2. The first kappa shape index (κ1) is 19.4. The SMILES string of the molecule is C/C(Nc1ccn(C2CCOCC2)n1)=C1/C(=O)Nc2cnc(-c3cnccc3C)cc21. The van der Waals surface area contributed by atoms with Gasteiger partial charge in [-0.1, -0.05) is 0 Å². The Morgan fingerprint density at radius 2 is 2.06 bits per heavy atom. The number of carbonyl (C=O) groups is 1. The Hall–Kier alpha value is -3.52. The summed E-state index contributed by atoms with van der Waals surface area (Å²) in [5, 5.41) is 10.9. The average Bonchev–Trinajstić information content (AvgIpc) is 3.37. The molecular weight excluding hydrogens is 392 g/mol. The van der Waals surface area contributed by atoms with Gasteiger partial charge in [0.25, 0.3) is 5.91 Å². The van der Waals surface area contributed by atoms with Crippen LogP contribution in [-0.4, -0.2) is 38.9 Å². The predicted octanol–water partition coefficient (Wildman–Crippen LogP) is 3.80. The molecule has 31 heavy (non-hydrogen) atoms. The van der Waals surface area contributed by atoms with E-state index in [0.29, 0.717) is 17.3 Å². The minimum atomic E-state index is -0.147. The molecule has 0 aliphatic carbocycles. The maximum absolute atomic E-state index is 12.7. The standard InChI is InChI=1S/C23H24N6O2/c1-14-3-7-24-12-18(14)19-11-17-20(13-25-19)27-23(30)22(17)15(2)26-21-4-8-29(28-21)16-5-9-31-10-6-16/h3-4,7-8,11-13,16H,5-6,9-10H2,1-2H3,(H,26,28)(H,27,30)/b22-15-. The van der Waals surface area contributed by atoms with Gasteiger partial charge in [-0.3, -0.25) is 19.4 Å². The third-order valence-corrected chi connectivity index (χ3v) is 5.83. The molecule has 5 rings (SSSR count). The van der Waals surface area contributed by atoms with E-state index in [1.165, 1.54) is 0 Å². The van der Waals surface area contributed by atoms with Crippen molar-refractivity contribution in [1.82, 2.24) is 19.7 Å². The fourth-order valence-corrected chi connectivity index (χ4v) is 4.13. The lowest BCUT2D eigenvalue weighted by atomic mass is 10.0. The highest BCUT2D eigenvalue weighted by molar-refractivity contribution is 6.32. The minimum Gasteiger partial charge on any atom is -0.381 e. The van der Waals surface area contributed by atoms with Gasteiger partial charge < -0.3 is 15.4 Å². The molecule has 2 aliphatic rings. The molecule has 2 N–H and O–H groups in total. The molecule has 158 valence electrons. The van der Waals surface area contributed by atoms with E-state index in [1.807, 2.05) is 42.9 Å². The zero-order valence-electron chi connectivity index (χ0n) is 17.6. The number of nitrogens with zero attached hydrogens (tertiary/aromatic N) is 4. The lowest BCUT2D eigenvalue weighted by molar-refractivity contribution is -0.110. The number of ether oxygens (including phenoxy) is 1. The van der Waals surface area contributed by atoms with Crippen LogP contribution >= 0.6 is 0 Å². The number of amides is 1. The van der Waals surface area contributed by atoms with Crippen molar-refractivity contribution in [3.8, 4) is 11.3 Å². The number of nitrogens with one attached hydrogen (secondary N) is 2. The molecule has 1 saturated heterocycles. The second kappa shape index (κ2) is 7.96. The number of fused-ring (bicyclic) bond motifs is 1. The maximum Gasteiger partial charge on any atom is 0.258 e. The minimum absolute atomic E-state index is 0.147. The van der Waals surface area contributed by atoms with Crippen LogP contribution in [0.25, 0.3) is 16.8 Å². The van der Waals surface area contributed by atoms with Gasteiger partial charge in [-0.25, -0.2) is 0 Å². The van der Waals surface area contributed by atoms with Crippen molar-refractivity contribution in [2.24, 2.45) is 0 Å². The summed E-state index contributed by atoms with van der Waals surface area (Å²) in [6, 6.07) is 6.18. The molecule has 1 amide bonds. The van der Waals surface area contributed by atoms with E-state index < -0.39 is 0 Å². The molecule has 0 bridgehead atoms. The Labute approximate surface area is 180 Å². The Balaban J connectivity index is 1.45. The molecule has 3 aromatic heterocycles. The zero-order chi connectivity index (χ0) is 21.4. The van der Waals surface area contributed by atoms with Crippen LogP contribution in [-0.2, 0) is 9.53 Å². The Morgan fingerprint density at radius 1 is 1.23 bits per heavy atom. The first-order chi connectivity index (χ1) is 15.1. The Kier molecular flexibility index (Phi) is 4.99. The van der Waals surface area contributed by atoms with Gasteiger partial charge in [-0.05, 0) is 44.4 Å². The summed E-state index contributed by atoms with van der Waals surface area (Å²) in [5.74, 6) is 0.570. The van der Waals surface area contributed by atoms with Crippen molar-refractivity contribution >= 4 is 23.0 Å². The van der Waals surface area contributed by atoms with Crippen LogP contribution in [0.2, 0.25) is 0 Å². The molecule has 0 atom stereocenters. The van der Waals surface area contributed by atoms with Crippen molar-refractivity contribution in [3.05, 3.63) is 59.8 Å². The van der Waals surface area contributed by atoms with E-state index in [9.17, 15) is 4.79 Å². The number of aryl methyl sites for hydroxylation is 1. The second-order valence-corrected chi connectivity index (χ2v) is 7.91. The number of carbonyl (C=O) groups excluding carboxylic acids is 1. The smallest absolute Gasteiger partial charge is 0.258 e. The van der Waals surface area contributed by atoms with Crippen molar-refractivity contribution in [1.29, 1.82) is 0 Å². The topological polar surface area (TPSA) is 94.0 Å². The number of aromatic nitrogens is 4. The quantitative estimate of drug-likeness (QED) is 0.629. The van der Waals surface area contributed by atoms with Gasteiger partial charge >= 0.3 is 0 Å². The molecule has 0 unspecified atom stereocenters. The second-order valence-electron chi connectivity index (χ2n) is 7.91. The first-order valence-electron chi connectivity index (χ1n) is 10.4.